The van der Waals surface area contributed by atoms with Crippen LogP contribution in [0.3, 0.4) is 0 Å². The molecule has 4 aromatic rings. The van der Waals surface area contributed by atoms with Gasteiger partial charge in [-0.25, -0.2) is 0 Å². The van der Waals surface area contributed by atoms with Crippen LogP contribution in [0.15, 0.2) is 84.9 Å². The van der Waals surface area contributed by atoms with Crippen LogP contribution in [0, 0.1) is 0 Å². The topological polar surface area (TPSA) is 0 Å². The third-order valence-electron chi connectivity index (χ3n) is 3.10. The second kappa shape index (κ2) is 9.07. The summed E-state index contributed by atoms with van der Waals surface area (Å²) in [5.41, 5.74) is 0. The summed E-state index contributed by atoms with van der Waals surface area (Å²) in [7, 11) is 9.78. The predicted molar refractivity (Wildman–Crippen MR) is 90.8 cm³/mol. The van der Waals surface area contributed by atoms with Gasteiger partial charge in [-0.3, -0.25) is 0 Å². The summed E-state index contributed by atoms with van der Waals surface area (Å²) >= 11 is -0.556. The first-order valence-corrected chi connectivity index (χ1v) is 10.8. The molecule has 4 aromatic carbocycles. The summed E-state index contributed by atoms with van der Waals surface area (Å²) in [6, 6.07) is 29.3. The van der Waals surface area contributed by atoms with Crippen LogP contribution in [0.25, 0.3) is 21.5 Å². The third kappa shape index (κ3) is 5.02. The van der Waals surface area contributed by atoms with E-state index in [1.54, 1.807) is 0 Å². The molecule has 0 atom stereocenters. The number of halogens is 2. The maximum Gasteiger partial charge on any atom is -0.0809 e. The zero-order valence-corrected chi connectivity index (χ0v) is 14.4. The van der Waals surface area contributed by atoms with Crippen molar-refractivity contribution in [3.8, 4) is 0 Å². The Balaban J connectivity index is 0.000000130. The molecule has 0 bridgehead atoms. The van der Waals surface area contributed by atoms with Crippen LogP contribution in [0.1, 0.15) is 0 Å². The molecule has 0 aliphatic carbocycles. The smallest absolute Gasteiger partial charge is 0.0809 e. The molecule has 106 valence electrons. The van der Waals surface area contributed by atoms with E-state index in [4.69, 9.17) is 18.6 Å². The second-order valence-corrected chi connectivity index (χ2v) is 6.96. The van der Waals surface area contributed by atoms with Gasteiger partial charge in [0.2, 0.25) is 0 Å². The first-order chi connectivity index (χ1) is 10.3. The summed E-state index contributed by atoms with van der Waals surface area (Å²) in [4.78, 5) is 0. The summed E-state index contributed by atoms with van der Waals surface area (Å²) in [6.45, 7) is 0. The number of benzene rings is 2. The molecule has 0 spiro atoms. The molecule has 0 aliphatic rings. The molecular weight excluding hydrogens is 335 g/mol. The second-order valence-electron chi connectivity index (χ2n) is 4.38. The zero-order chi connectivity index (χ0) is 14.9. The van der Waals surface area contributed by atoms with Crippen molar-refractivity contribution >= 4 is 40.2 Å². The zero-order valence-electron chi connectivity index (χ0n) is 11.3. The van der Waals surface area contributed by atoms with Crippen molar-refractivity contribution in [2.75, 3.05) is 0 Å². The van der Waals surface area contributed by atoms with Crippen molar-refractivity contribution in [3.05, 3.63) is 84.9 Å². The molecule has 0 aliphatic heterocycles. The minimum absolute atomic E-state index is 0.556. The number of rotatable bonds is 0. The van der Waals surface area contributed by atoms with Gasteiger partial charge >= 0.3 is 35.6 Å². The van der Waals surface area contributed by atoms with Crippen molar-refractivity contribution in [3.63, 3.8) is 0 Å². The SMILES string of the molecule is [Cl][Ti][Cl].c1ccc2[cH-]ccc2c1.c1ccc2[cH-]ccc2c1. The molecule has 0 radical (unpaired) electrons. The maximum atomic E-state index is 4.89. The molecule has 0 saturated heterocycles. The van der Waals surface area contributed by atoms with Gasteiger partial charge in [0.15, 0.2) is 0 Å². The first kappa shape index (κ1) is 16.3. The molecule has 0 unspecified atom stereocenters. The van der Waals surface area contributed by atoms with Crippen LogP contribution in [0.4, 0.5) is 0 Å². The number of hydrogen-bond acceptors (Lipinski definition) is 0. The predicted octanol–water partition coefficient (Wildman–Crippen LogP) is 6.49. The van der Waals surface area contributed by atoms with Crippen molar-refractivity contribution in [2.24, 2.45) is 0 Å². The van der Waals surface area contributed by atoms with Crippen LogP contribution in [-0.4, -0.2) is 0 Å². The van der Waals surface area contributed by atoms with Crippen molar-refractivity contribution in [1.82, 2.24) is 0 Å². The summed E-state index contributed by atoms with van der Waals surface area (Å²) < 4.78 is 0. The van der Waals surface area contributed by atoms with Gasteiger partial charge in [-0.2, -0.15) is 35.0 Å². The first-order valence-electron chi connectivity index (χ1n) is 6.52. The molecular formula is C18H14Cl2Ti-2. The fraction of sp³-hybridized carbons (Fsp3) is 0. The van der Waals surface area contributed by atoms with E-state index in [2.05, 4.69) is 84.9 Å². The molecule has 0 fully saturated rings. The summed E-state index contributed by atoms with van der Waals surface area (Å²) in [6.07, 6.45) is 0. The van der Waals surface area contributed by atoms with E-state index in [1.165, 1.54) is 21.5 Å². The minimum atomic E-state index is -0.556. The van der Waals surface area contributed by atoms with E-state index in [-0.39, 0.29) is 0 Å². The van der Waals surface area contributed by atoms with Gasteiger partial charge in [0.1, 0.15) is 0 Å². The van der Waals surface area contributed by atoms with E-state index in [0.29, 0.717) is 0 Å². The molecule has 0 N–H and O–H groups in total. The largest absolute Gasteiger partial charge is 0.168 e. The normalized spacial score (nSPS) is 9.43. The Labute approximate surface area is 141 Å². The number of fused-ring (bicyclic) bond motifs is 2. The van der Waals surface area contributed by atoms with Crippen molar-refractivity contribution in [2.45, 2.75) is 0 Å². The van der Waals surface area contributed by atoms with Crippen LogP contribution in [0.5, 0.6) is 0 Å². The average Bonchev–Trinajstić information content (AvgIpc) is 3.17. The van der Waals surface area contributed by atoms with Crippen LogP contribution in [0.2, 0.25) is 0 Å². The fourth-order valence-corrected chi connectivity index (χ4v) is 2.14. The minimum Gasteiger partial charge on any atom is -0.168 e. The Kier molecular flexibility index (Phi) is 7.05. The van der Waals surface area contributed by atoms with Gasteiger partial charge in [-0.05, 0) is 0 Å². The average molecular weight is 349 g/mol. The van der Waals surface area contributed by atoms with Gasteiger partial charge in [-0.15, -0.1) is 59.3 Å². The summed E-state index contributed by atoms with van der Waals surface area (Å²) in [5.74, 6) is 0. The van der Waals surface area contributed by atoms with Gasteiger partial charge in [0.25, 0.3) is 0 Å². The summed E-state index contributed by atoms with van der Waals surface area (Å²) in [5, 5.41) is 5.32. The van der Waals surface area contributed by atoms with Gasteiger partial charge < -0.3 is 0 Å². The Hall–Kier alpha value is -1.05. The van der Waals surface area contributed by atoms with E-state index in [0.717, 1.165) is 0 Å². The Morgan fingerprint density at radius 2 is 1.00 bits per heavy atom. The number of hydrogen-bond donors (Lipinski definition) is 0. The quantitative estimate of drug-likeness (QED) is 0.251. The standard InChI is InChI=1S/2C9H7.2ClH.Ti/c2*1-2-5-9-7-3-6-8(9)4-1;;;/h2*1-7H;2*1H;/q2*-1;;;+2/p-2. The van der Waals surface area contributed by atoms with Crippen LogP contribution in [-0.2, 0) is 17.0 Å². The molecule has 0 aromatic heterocycles. The molecule has 0 nitrogen and oxygen atoms in total. The molecule has 0 saturated carbocycles. The third-order valence-corrected chi connectivity index (χ3v) is 3.10. The van der Waals surface area contributed by atoms with Crippen LogP contribution >= 0.6 is 18.6 Å². The van der Waals surface area contributed by atoms with E-state index in [1.807, 2.05) is 0 Å². The van der Waals surface area contributed by atoms with E-state index < -0.39 is 17.0 Å². The van der Waals surface area contributed by atoms with Gasteiger partial charge in [-0.1, -0.05) is 12.1 Å². The Morgan fingerprint density at radius 1 is 0.619 bits per heavy atom. The molecule has 4 rings (SSSR count). The molecule has 21 heavy (non-hydrogen) atoms. The van der Waals surface area contributed by atoms with Gasteiger partial charge in [0, 0.05) is 0 Å². The monoisotopic (exact) mass is 348 g/mol. The Morgan fingerprint density at radius 3 is 1.38 bits per heavy atom. The molecule has 0 amide bonds. The molecule has 3 heteroatoms. The molecule has 0 heterocycles. The Bertz CT molecular complexity index is 644. The fourth-order valence-electron chi connectivity index (χ4n) is 2.14. The van der Waals surface area contributed by atoms with Crippen molar-refractivity contribution in [1.29, 1.82) is 0 Å². The van der Waals surface area contributed by atoms with Gasteiger partial charge in [0.05, 0.1) is 0 Å². The van der Waals surface area contributed by atoms with E-state index >= 15 is 0 Å². The van der Waals surface area contributed by atoms with Crippen molar-refractivity contribution < 1.29 is 17.0 Å². The van der Waals surface area contributed by atoms with E-state index in [9.17, 15) is 0 Å². The van der Waals surface area contributed by atoms with Crippen LogP contribution < -0.4 is 0 Å². The maximum absolute atomic E-state index is 4.89.